The lowest BCUT2D eigenvalue weighted by atomic mass is 9.48. The first-order chi connectivity index (χ1) is 13.6. The highest BCUT2D eigenvalue weighted by Crippen LogP contribution is 2.60. The molecule has 0 radical (unpaired) electrons. The fraction of sp³-hybridized carbons (Fsp3) is 0.760. The zero-order valence-corrected chi connectivity index (χ0v) is 18.7. The van der Waals surface area contributed by atoms with Crippen LogP contribution in [0.15, 0.2) is 24.3 Å². The van der Waals surface area contributed by atoms with Crippen LogP contribution in [0.25, 0.3) is 0 Å². The molecule has 0 amide bonds. The smallest absolute Gasteiger partial charge is 0.119 e. The van der Waals surface area contributed by atoms with Crippen LogP contribution in [-0.2, 0) is 5.41 Å². The topological polar surface area (TPSA) is 32.7 Å². The number of nitrogens with zero attached hydrogens (tertiary/aromatic N) is 1. The van der Waals surface area contributed by atoms with Gasteiger partial charge in [-0.05, 0) is 105 Å². The van der Waals surface area contributed by atoms with Gasteiger partial charge in [-0.25, -0.2) is 0 Å². The summed E-state index contributed by atoms with van der Waals surface area (Å²) in [6.45, 7) is 5.65. The van der Waals surface area contributed by atoms with Crippen molar-refractivity contribution in [3.63, 3.8) is 0 Å². The maximum atomic E-state index is 10.4. The second-order valence-electron chi connectivity index (χ2n) is 10.7. The first-order valence-electron chi connectivity index (χ1n) is 11.7. The summed E-state index contributed by atoms with van der Waals surface area (Å²) in [5, 5.41) is 10.4. The van der Waals surface area contributed by atoms with E-state index in [2.05, 4.69) is 36.1 Å². The molecule has 0 aromatic heterocycles. The largest absolute Gasteiger partial charge is 0.491 e. The number of piperidine rings is 1. The number of rotatable bonds is 6. The molecule has 1 saturated heterocycles. The third-order valence-electron chi connectivity index (χ3n) is 8.16. The maximum Gasteiger partial charge on any atom is 0.119 e. The van der Waals surface area contributed by atoms with Crippen molar-refractivity contribution in [1.82, 2.24) is 4.90 Å². The van der Waals surface area contributed by atoms with Crippen LogP contribution in [0.2, 0.25) is 0 Å². The number of hydrogen-bond acceptors (Lipinski definition) is 3. The molecule has 1 aliphatic heterocycles. The van der Waals surface area contributed by atoms with E-state index in [1.54, 1.807) is 5.56 Å². The van der Waals surface area contributed by atoms with E-state index in [1.807, 2.05) is 0 Å². The summed E-state index contributed by atoms with van der Waals surface area (Å²) in [6, 6.07) is 8.93. The number of benzene rings is 1. The van der Waals surface area contributed by atoms with E-state index < -0.39 is 6.10 Å². The number of aliphatic hydroxyl groups excluding tert-OH is 1. The normalized spacial score (nSPS) is 37.2. The van der Waals surface area contributed by atoms with Gasteiger partial charge in [-0.2, -0.15) is 0 Å². The minimum atomic E-state index is -0.409. The summed E-state index contributed by atoms with van der Waals surface area (Å²) < 4.78 is 5.93. The van der Waals surface area contributed by atoms with Crippen molar-refractivity contribution in [2.75, 3.05) is 26.2 Å². The molecular formula is C25H38ClNO2. The molecule has 6 rings (SSSR count). The molecule has 1 aromatic rings. The summed E-state index contributed by atoms with van der Waals surface area (Å²) >= 11 is 0. The van der Waals surface area contributed by atoms with Gasteiger partial charge in [0.2, 0.25) is 0 Å². The highest BCUT2D eigenvalue weighted by molar-refractivity contribution is 5.85. The second-order valence-corrected chi connectivity index (χ2v) is 10.7. The van der Waals surface area contributed by atoms with Crippen LogP contribution in [0.3, 0.4) is 0 Å². The van der Waals surface area contributed by atoms with E-state index in [0.717, 1.165) is 49.1 Å². The van der Waals surface area contributed by atoms with Crippen molar-refractivity contribution in [2.45, 2.75) is 69.8 Å². The number of aliphatic hydroxyl groups is 1. The van der Waals surface area contributed by atoms with Crippen LogP contribution in [-0.4, -0.2) is 42.4 Å². The monoisotopic (exact) mass is 419 g/mol. The van der Waals surface area contributed by atoms with Crippen LogP contribution < -0.4 is 4.74 Å². The number of β-amino-alcohol motifs (C(OH)–C–C–N with tert-alkyl or cyclic N) is 1. The first kappa shape index (κ1) is 21.5. The molecule has 5 fully saturated rings. The number of halogens is 1. The SMILES string of the molecule is CC1CCCN(CC(O)COc2ccc(C34CC5CC(CC(C5)C3)C4)cc2)C1.Cl. The minimum absolute atomic E-state index is 0. The molecule has 29 heavy (non-hydrogen) atoms. The highest BCUT2D eigenvalue weighted by Gasteiger charge is 2.51. The molecule has 2 unspecified atom stereocenters. The lowest BCUT2D eigenvalue weighted by Crippen LogP contribution is -2.48. The lowest BCUT2D eigenvalue weighted by molar-refractivity contribution is -0.00522. The molecule has 4 bridgehead atoms. The summed E-state index contributed by atoms with van der Waals surface area (Å²) in [7, 11) is 0. The number of ether oxygens (including phenoxy) is 1. The van der Waals surface area contributed by atoms with E-state index in [4.69, 9.17) is 4.74 Å². The van der Waals surface area contributed by atoms with E-state index in [9.17, 15) is 5.11 Å². The molecule has 4 heteroatoms. The van der Waals surface area contributed by atoms with Crippen LogP contribution in [0.5, 0.6) is 5.75 Å². The van der Waals surface area contributed by atoms with Crippen molar-refractivity contribution in [1.29, 1.82) is 0 Å². The Morgan fingerprint density at radius 3 is 2.28 bits per heavy atom. The molecule has 2 atom stereocenters. The summed E-state index contributed by atoms with van der Waals surface area (Å²) in [5.41, 5.74) is 2.00. The van der Waals surface area contributed by atoms with Gasteiger partial charge >= 0.3 is 0 Å². The van der Waals surface area contributed by atoms with Gasteiger partial charge in [0.15, 0.2) is 0 Å². The van der Waals surface area contributed by atoms with Crippen LogP contribution in [0.4, 0.5) is 0 Å². The van der Waals surface area contributed by atoms with Gasteiger partial charge in [0.05, 0.1) is 0 Å². The summed E-state index contributed by atoms with van der Waals surface area (Å²) in [6.07, 6.45) is 10.9. The predicted octanol–water partition coefficient (Wildman–Crippen LogP) is 5.05. The third kappa shape index (κ3) is 4.62. The van der Waals surface area contributed by atoms with Gasteiger partial charge < -0.3 is 14.7 Å². The standard InChI is InChI=1S/C25H37NO2.ClH/c1-18-3-2-8-26(15-18)16-23(27)17-28-24-6-4-22(5-7-24)25-12-19-9-20(13-25)11-21(10-19)14-25;/h4-7,18-21,23,27H,2-3,8-17H2,1H3;1H. The fourth-order valence-corrected chi connectivity index (χ4v) is 7.36. The van der Waals surface area contributed by atoms with Crippen molar-refractivity contribution in [2.24, 2.45) is 23.7 Å². The average Bonchev–Trinajstić information content (AvgIpc) is 2.66. The number of hydrogen-bond donors (Lipinski definition) is 1. The number of likely N-dealkylation sites (tertiary alicyclic amines) is 1. The Balaban J connectivity index is 0.00000205. The molecule has 4 saturated carbocycles. The molecule has 1 N–H and O–H groups in total. The lowest BCUT2D eigenvalue weighted by Gasteiger charge is -2.57. The Kier molecular flexibility index (Phi) is 6.49. The molecule has 0 spiro atoms. The van der Waals surface area contributed by atoms with E-state index in [-0.39, 0.29) is 12.4 Å². The van der Waals surface area contributed by atoms with Crippen molar-refractivity contribution < 1.29 is 9.84 Å². The van der Waals surface area contributed by atoms with E-state index in [0.29, 0.717) is 12.0 Å². The Morgan fingerprint density at radius 2 is 1.69 bits per heavy atom. The highest BCUT2D eigenvalue weighted by atomic mass is 35.5. The molecule has 3 nitrogen and oxygen atoms in total. The van der Waals surface area contributed by atoms with Crippen LogP contribution >= 0.6 is 12.4 Å². The fourth-order valence-electron chi connectivity index (χ4n) is 7.36. The average molecular weight is 420 g/mol. The van der Waals surface area contributed by atoms with Gasteiger partial charge in [-0.15, -0.1) is 12.4 Å². The molecule has 1 aromatic carbocycles. The van der Waals surface area contributed by atoms with Gasteiger partial charge in [-0.3, -0.25) is 0 Å². The van der Waals surface area contributed by atoms with E-state index in [1.165, 1.54) is 51.4 Å². The first-order valence-corrected chi connectivity index (χ1v) is 11.7. The van der Waals surface area contributed by atoms with E-state index >= 15 is 0 Å². The van der Waals surface area contributed by atoms with Crippen molar-refractivity contribution >= 4 is 12.4 Å². The molecule has 162 valence electrons. The Hall–Kier alpha value is -0.770. The Morgan fingerprint density at radius 1 is 1.07 bits per heavy atom. The quantitative estimate of drug-likeness (QED) is 0.700. The maximum absolute atomic E-state index is 10.4. The Bertz CT molecular complexity index is 641. The van der Waals surface area contributed by atoms with Gasteiger partial charge in [0.25, 0.3) is 0 Å². The van der Waals surface area contributed by atoms with Gasteiger partial charge in [-0.1, -0.05) is 19.1 Å². The molecule has 1 heterocycles. The molecule has 5 aliphatic rings. The summed E-state index contributed by atoms with van der Waals surface area (Å²) in [4.78, 5) is 2.39. The van der Waals surface area contributed by atoms with Crippen molar-refractivity contribution in [3.8, 4) is 5.75 Å². The molecular weight excluding hydrogens is 382 g/mol. The second kappa shape index (κ2) is 8.77. The van der Waals surface area contributed by atoms with Crippen LogP contribution in [0, 0.1) is 23.7 Å². The zero-order valence-electron chi connectivity index (χ0n) is 17.9. The predicted molar refractivity (Wildman–Crippen MR) is 120 cm³/mol. The minimum Gasteiger partial charge on any atom is -0.491 e. The van der Waals surface area contributed by atoms with Crippen molar-refractivity contribution in [3.05, 3.63) is 29.8 Å². The summed E-state index contributed by atoms with van der Waals surface area (Å²) in [5.74, 6) is 4.60. The van der Waals surface area contributed by atoms with Gasteiger partial charge in [0.1, 0.15) is 18.5 Å². The zero-order chi connectivity index (χ0) is 19.1. The van der Waals surface area contributed by atoms with Crippen LogP contribution in [0.1, 0.15) is 63.9 Å². The molecule has 4 aliphatic carbocycles. The Labute approximate surface area is 182 Å². The third-order valence-corrected chi connectivity index (χ3v) is 8.16. The van der Waals surface area contributed by atoms with Gasteiger partial charge in [0, 0.05) is 13.1 Å².